The van der Waals surface area contributed by atoms with Gasteiger partial charge in [0.25, 0.3) is 0 Å². The van der Waals surface area contributed by atoms with E-state index in [0.29, 0.717) is 0 Å². The van der Waals surface area contributed by atoms with Crippen LogP contribution in [0.15, 0.2) is 59.8 Å². The molecule has 3 rings (SSSR count). The molecule has 0 spiro atoms. The van der Waals surface area contributed by atoms with E-state index in [0.717, 1.165) is 22.4 Å². The van der Waals surface area contributed by atoms with Crippen LogP contribution in [-0.2, 0) is 4.79 Å². The third-order valence-electron chi connectivity index (χ3n) is 4.16. The Kier molecular flexibility index (Phi) is 5.42. The predicted octanol–water partition coefficient (Wildman–Crippen LogP) is 4.03. The lowest BCUT2D eigenvalue weighted by molar-refractivity contribution is -0.117. The number of benzene rings is 2. The van der Waals surface area contributed by atoms with Gasteiger partial charge in [-0.2, -0.15) is 0 Å². The van der Waals surface area contributed by atoms with Gasteiger partial charge in [-0.15, -0.1) is 10.2 Å². The normalized spacial score (nSPS) is 12.0. The lowest BCUT2D eigenvalue weighted by Crippen LogP contribution is -2.33. The number of carbonyl (C=O) groups excluding carboxylic acids is 1. The molecule has 1 heterocycles. The largest absolute Gasteiger partial charge is 0.315 e. The Bertz CT molecular complexity index is 907. The van der Waals surface area contributed by atoms with Crippen molar-refractivity contribution in [2.75, 3.05) is 11.9 Å². The summed E-state index contributed by atoms with van der Waals surface area (Å²) in [5, 5.41) is 8.92. The Hall–Kier alpha value is -2.60. The van der Waals surface area contributed by atoms with Crippen LogP contribution in [0.1, 0.15) is 18.3 Å². The topological polar surface area (TPSA) is 51.0 Å². The quantitative estimate of drug-likeness (QED) is 0.640. The number of para-hydroxylation sites is 1. The summed E-state index contributed by atoms with van der Waals surface area (Å²) in [7, 11) is 1.80. The first kappa shape index (κ1) is 18.2. The van der Waals surface area contributed by atoms with Crippen molar-refractivity contribution in [3.63, 3.8) is 0 Å². The van der Waals surface area contributed by atoms with E-state index in [1.54, 1.807) is 11.9 Å². The number of amides is 1. The number of aryl methyl sites for hydroxylation is 2. The van der Waals surface area contributed by atoms with Gasteiger partial charge < -0.3 is 4.90 Å². The fourth-order valence-electron chi connectivity index (χ4n) is 2.74. The molecular weight excluding hydrogens is 344 g/mol. The van der Waals surface area contributed by atoms with Gasteiger partial charge in [-0.1, -0.05) is 42.1 Å². The zero-order chi connectivity index (χ0) is 18.7. The number of carbonyl (C=O) groups is 1. The van der Waals surface area contributed by atoms with Crippen LogP contribution in [0.4, 0.5) is 5.69 Å². The average Bonchev–Trinajstić information content (AvgIpc) is 3.01. The van der Waals surface area contributed by atoms with E-state index in [1.165, 1.54) is 17.3 Å². The van der Waals surface area contributed by atoms with E-state index >= 15 is 0 Å². The fraction of sp³-hybridized carbons (Fsp3) is 0.250. The van der Waals surface area contributed by atoms with Gasteiger partial charge in [-0.3, -0.25) is 9.36 Å². The van der Waals surface area contributed by atoms with Crippen LogP contribution in [0.25, 0.3) is 5.69 Å². The molecule has 134 valence electrons. The zero-order valence-electron chi connectivity index (χ0n) is 15.4. The minimum Gasteiger partial charge on any atom is -0.315 e. The van der Waals surface area contributed by atoms with Crippen LogP contribution in [0.3, 0.4) is 0 Å². The third-order valence-corrected chi connectivity index (χ3v) is 5.19. The zero-order valence-corrected chi connectivity index (χ0v) is 16.2. The molecule has 2 aromatic carbocycles. The molecule has 0 fully saturated rings. The maximum absolute atomic E-state index is 12.8. The first-order valence-electron chi connectivity index (χ1n) is 8.45. The Morgan fingerprint density at radius 2 is 1.81 bits per heavy atom. The van der Waals surface area contributed by atoms with E-state index in [4.69, 9.17) is 0 Å². The number of hydrogen-bond donors (Lipinski definition) is 0. The highest BCUT2D eigenvalue weighted by Crippen LogP contribution is 2.27. The summed E-state index contributed by atoms with van der Waals surface area (Å²) in [6.07, 6.45) is 0. The van der Waals surface area contributed by atoms with Gasteiger partial charge in [0.1, 0.15) is 5.82 Å². The number of anilines is 1. The van der Waals surface area contributed by atoms with Crippen molar-refractivity contribution in [3.05, 3.63) is 66.0 Å². The molecular formula is C20H22N4OS. The molecule has 0 unspecified atom stereocenters. The summed E-state index contributed by atoms with van der Waals surface area (Å²) in [6, 6.07) is 17.8. The molecule has 1 atom stereocenters. The Morgan fingerprint density at radius 1 is 1.08 bits per heavy atom. The molecule has 26 heavy (non-hydrogen) atoms. The molecule has 0 saturated heterocycles. The molecule has 0 aliphatic carbocycles. The third kappa shape index (κ3) is 3.80. The van der Waals surface area contributed by atoms with Crippen molar-refractivity contribution >= 4 is 23.4 Å². The monoisotopic (exact) mass is 366 g/mol. The van der Waals surface area contributed by atoms with Crippen molar-refractivity contribution in [2.45, 2.75) is 31.2 Å². The second-order valence-corrected chi connectivity index (χ2v) is 7.51. The first-order valence-corrected chi connectivity index (χ1v) is 9.33. The molecule has 5 nitrogen and oxygen atoms in total. The van der Waals surface area contributed by atoms with Crippen LogP contribution < -0.4 is 4.90 Å². The van der Waals surface area contributed by atoms with Gasteiger partial charge in [-0.25, -0.2) is 0 Å². The molecule has 0 aliphatic rings. The molecule has 0 saturated carbocycles. The van der Waals surface area contributed by atoms with Crippen molar-refractivity contribution < 1.29 is 4.79 Å². The fourth-order valence-corrected chi connectivity index (χ4v) is 3.75. The molecule has 0 N–H and O–H groups in total. The van der Waals surface area contributed by atoms with Gasteiger partial charge >= 0.3 is 0 Å². The summed E-state index contributed by atoms with van der Waals surface area (Å²) in [6.45, 7) is 5.87. The van der Waals surface area contributed by atoms with Crippen LogP contribution in [-0.4, -0.2) is 33.0 Å². The Morgan fingerprint density at radius 3 is 2.50 bits per heavy atom. The van der Waals surface area contributed by atoms with Gasteiger partial charge in [0.05, 0.1) is 5.25 Å². The molecule has 1 amide bonds. The maximum atomic E-state index is 12.8. The number of rotatable bonds is 5. The summed E-state index contributed by atoms with van der Waals surface area (Å²) in [5.41, 5.74) is 3.05. The highest BCUT2D eigenvalue weighted by molar-refractivity contribution is 8.00. The van der Waals surface area contributed by atoms with Crippen molar-refractivity contribution in [1.29, 1.82) is 0 Å². The SMILES string of the molecule is Cc1cccc(-n2c(C)nnc2S[C@H](C)C(=O)N(C)c2ccccc2)c1. The van der Waals surface area contributed by atoms with Crippen LogP contribution in [0.5, 0.6) is 0 Å². The Labute approximate surface area is 158 Å². The van der Waals surface area contributed by atoms with E-state index in [1.807, 2.05) is 60.9 Å². The summed E-state index contributed by atoms with van der Waals surface area (Å²) >= 11 is 1.42. The van der Waals surface area contributed by atoms with Crippen LogP contribution in [0, 0.1) is 13.8 Å². The number of nitrogens with zero attached hydrogens (tertiary/aromatic N) is 4. The highest BCUT2D eigenvalue weighted by Gasteiger charge is 2.23. The maximum Gasteiger partial charge on any atom is 0.240 e. The predicted molar refractivity (Wildman–Crippen MR) is 106 cm³/mol. The van der Waals surface area contributed by atoms with Crippen molar-refractivity contribution in [3.8, 4) is 5.69 Å². The smallest absolute Gasteiger partial charge is 0.240 e. The number of hydrogen-bond acceptors (Lipinski definition) is 4. The van der Waals surface area contributed by atoms with Crippen molar-refractivity contribution in [2.24, 2.45) is 0 Å². The summed E-state index contributed by atoms with van der Waals surface area (Å²) in [4.78, 5) is 14.5. The summed E-state index contributed by atoms with van der Waals surface area (Å²) in [5.74, 6) is 0.826. The van der Waals surface area contributed by atoms with Gasteiger partial charge in [0.2, 0.25) is 5.91 Å². The first-order chi connectivity index (χ1) is 12.5. The molecule has 0 bridgehead atoms. The van der Waals surface area contributed by atoms with E-state index < -0.39 is 0 Å². The minimum absolute atomic E-state index is 0.0256. The molecule has 0 aliphatic heterocycles. The molecule has 0 radical (unpaired) electrons. The van der Waals surface area contributed by atoms with E-state index in [2.05, 4.69) is 29.3 Å². The van der Waals surface area contributed by atoms with Crippen LogP contribution in [0.2, 0.25) is 0 Å². The Balaban J connectivity index is 1.82. The molecule has 3 aromatic rings. The summed E-state index contributed by atoms with van der Waals surface area (Å²) < 4.78 is 1.99. The van der Waals surface area contributed by atoms with Crippen LogP contribution >= 0.6 is 11.8 Å². The average molecular weight is 366 g/mol. The van der Waals surface area contributed by atoms with Gasteiger partial charge in [-0.05, 0) is 50.6 Å². The van der Waals surface area contributed by atoms with Gasteiger partial charge in [0.15, 0.2) is 5.16 Å². The lowest BCUT2D eigenvalue weighted by atomic mass is 10.2. The molecule has 6 heteroatoms. The van der Waals surface area contributed by atoms with E-state index in [9.17, 15) is 4.79 Å². The highest BCUT2D eigenvalue weighted by atomic mass is 32.2. The van der Waals surface area contributed by atoms with E-state index in [-0.39, 0.29) is 11.2 Å². The van der Waals surface area contributed by atoms with Gasteiger partial charge in [0, 0.05) is 18.4 Å². The number of aromatic nitrogens is 3. The number of thioether (sulfide) groups is 1. The minimum atomic E-state index is -0.285. The van der Waals surface area contributed by atoms with Crippen molar-refractivity contribution in [1.82, 2.24) is 14.8 Å². The lowest BCUT2D eigenvalue weighted by Gasteiger charge is -2.21. The second kappa shape index (κ2) is 7.74. The standard InChI is InChI=1S/C20H22N4OS/c1-14-9-8-12-18(13-14)24-16(3)21-22-20(24)26-15(2)19(25)23(4)17-10-6-5-7-11-17/h5-13,15H,1-4H3/t15-/m1/s1. The molecule has 1 aromatic heterocycles. The second-order valence-electron chi connectivity index (χ2n) is 6.20.